The molecule has 1 aromatic carbocycles. The van der Waals surface area contributed by atoms with Crippen LogP contribution in [0.2, 0.25) is 0 Å². The van der Waals surface area contributed by atoms with Crippen LogP contribution in [0.25, 0.3) is 0 Å². The highest BCUT2D eigenvalue weighted by Crippen LogP contribution is 2.29. The van der Waals surface area contributed by atoms with Crippen molar-refractivity contribution in [3.63, 3.8) is 0 Å². The van der Waals surface area contributed by atoms with E-state index in [0.717, 1.165) is 11.5 Å². The number of benzene rings is 1. The number of fused-ring (bicyclic) bond motifs is 1. The second-order valence-electron chi connectivity index (χ2n) is 5.32. The fourth-order valence-electron chi connectivity index (χ4n) is 2.29. The van der Waals surface area contributed by atoms with Crippen LogP contribution in [0.15, 0.2) is 59.4 Å². The Bertz CT molecular complexity index is 588. The van der Waals surface area contributed by atoms with Crippen LogP contribution in [0.4, 0.5) is 5.69 Å². The Morgan fingerprint density at radius 2 is 2.05 bits per heavy atom. The standard InChI is InChI=1S/C15H19N5/c1-11(2)15(16)10-6-9-13-18-14(19-20(13)15)17-12-7-4-3-5-8-12/h3-11H,16H2,1-2H3,(H2,17,18,19). The van der Waals surface area contributed by atoms with E-state index in [2.05, 4.69) is 29.6 Å². The Hall–Kier alpha value is -2.27. The summed E-state index contributed by atoms with van der Waals surface area (Å²) in [5.41, 5.74) is 10.1. The van der Waals surface area contributed by atoms with Gasteiger partial charge in [0.05, 0.1) is 0 Å². The predicted octanol–water partition coefficient (Wildman–Crippen LogP) is 2.00. The molecule has 0 saturated carbocycles. The third-order valence-corrected chi connectivity index (χ3v) is 3.63. The number of allylic oxidation sites excluding steroid dienone is 2. The van der Waals surface area contributed by atoms with Crippen LogP contribution >= 0.6 is 0 Å². The van der Waals surface area contributed by atoms with Gasteiger partial charge < -0.3 is 11.1 Å². The van der Waals surface area contributed by atoms with Gasteiger partial charge in [0, 0.05) is 5.69 Å². The van der Waals surface area contributed by atoms with E-state index in [4.69, 9.17) is 5.73 Å². The lowest BCUT2D eigenvalue weighted by Gasteiger charge is -2.41. The SMILES string of the molecule is CC(C)C1(N)C=CC=C2N=C(Nc3ccccc3)NN21. The fourth-order valence-corrected chi connectivity index (χ4v) is 2.29. The first-order chi connectivity index (χ1) is 9.59. The van der Waals surface area contributed by atoms with E-state index in [1.807, 2.05) is 53.6 Å². The van der Waals surface area contributed by atoms with Gasteiger partial charge in [-0.25, -0.2) is 5.01 Å². The molecule has 1 aromatic rings. The number of guanidine groups is 1. The summed E-state index contributed by atoms with van der Waals surface area (Å²) >= 11 is 0. The molecule has 0 bridgehead atoms. The van der Waals surface area contributed by atoms with Crippen LogP contribution in [-0.4, -0.2) is 16.6 Å². The maximum atomic E-state index is 6.48. The number of hydrogen-bond donors (Lipinski definition) is 3. The fraction of sp³-hybridized carbons (Fsp3) is 0.267. The third-order valence-electron chi connectivity index (χ3n) is 3.63. The van der Waals surface area contributed by atoms with Gasteiger partial charge in [-0.2, -0.15) is 4.99 Å². The molecule has 2 aliphatic heterocycles. The second-order valence-corrected chi connectivity index (χ2v) is 5.32. The lowest BCUT2D eigenvalue weighted by Crippen LogP contribution is -2.62. The van der Waals surface area contributed by atoms with E-state index >= 15 is 0 Å². The topological polar surface area (TPSA) is 65.7 Å². The van der Waals surface area contributed by atoms with Crippen molar-refractivity contribution in [3.8, 4) is 0 Å². The van der Waals surface area contributed by atoms with Gasteiger partial charge in [0.2, 0.25) is 5.96 Å². The Morgan fingerprint density at radius 3 is 2.75 bits per heavy atom. The summed E-state index contributed by atoms with van der Waals surface area (Å²) < 4.78 is 0. The van der Waals surface area contributed by atoms with Gasteiger partial charge in [-0.3, -0.25) is 5.43 Å². The van der Waals surface area contributed by atoms with Crippen LogP contribution in [0.1, 0.15) is 13.8 Å². The second kappa shape index (κ2) is 4.68. The molecular weight excluding hydrogens is 250 g/mol. The minimum Gasteiger partial charge on any atom is -0.325 e. The molecule has 5 heteroatoms. The van der Waals surface area contributed by atoms with Crippen LogP contribution in [0, 0.1) is 5.92 Å². The Kier molecular flexibility index (Phi) is 2.99. The van der Waals surface area contributed by atoms with E-state index in [0.29, 0.717) is 5.96 Å². The van der Waals surface area contributed by atoms with E-state index in [-0.39, 0.29) is 5.92 Å². The van der Waals surface area contributed by atoms with Gasteiger partial charge in [0.25, 0.3) is 0 Å². The molecule has 0 radical (unpaired) electrons. The lowest BCUT2D eigenvalue weighted by atomic mass is 9.94. The van der Waals surface area contributed by atoms with E-state index in [1.54, 1.807) is 0 Å². The first-order valence-electron chi connectivity index (χ1n) is 6.75. The maximum Gasteiger partial charge on any atom is 0.221 e. The molecule has 0 fully saturated rings. The molecule has 5 nitrogen and oxygen atoms in total. The Labute approximate surface area is 118 Å². The summed E-state index contributed by atoms with van der Waals surface area (Å²) in [6.07, 6.45) is 5.90. The van der Waals surface area contributed by atoms with Crippen LogP contribution in [-0.2, 0) is 0 Å². The molecule has 2 aliphatic rings. The van der Waals surface area contributed by atoms with Gasteiger partial charge in [0.1, 0.15) is 5.66 Å². The summed E-state index contributed by atoms with van der Waals surface area (Å²) in [5, 5.41) is 5.15. The highest BCUT2D eigenvalue weighted by molar-refractivity contribution is 5.95. The van der Waals surface area contributed by atoms with E-state index in [1.165, 1.54) is 0 Å². The van der Waals surface area contributed by atoms with Gasteiger partial charge in [-0.05, 0) is 30.2 Å². The van der Waals surface area contributed by atoms with Crippen molar-refractivity contribution in [2.75, 3.05) is 5.32 Å². The molecule has 0 aliphatic carbocycles. The minimum atomic E-state index is -0.576. The molecule has 0 amide bonds. The summed E-state index contributed by atoms with van der Waals surface area (Å²) in [6, 6.07) is 9.92. The van der Waals surface area contributed by atoms with Crippen LogP contribution in [0.3, 0.4) is 0 Å². The van der Waals surface area contributed by atoms with Gasteiger partial charge >= 0.3 is 0 Å². The molecule has 0 saturated heterocycles. The molecular formula is C15H19N5. The average molecular weight is 269 g/mol. The number of anilines is 1. The Balaban J connectivity index is 1.81. The van der Waals surface area contributed by atoms with Gasteiger partial charge in [-0.1, -0.05) is 38.1 Å². The molecule has 2 heterocycles. The third kappa shape index (κ3) is 2.06. The molecule has 1 atom stereocenters. The highest BCUT2D eigenvalue weighted by Gasteiger charge is 2.40. The first kappa shape index (κ1) is 12.7. The largest absolute Gasteiger partial charge is 0.325 e. The number of nitrogens with one attached hydrogen (secondary N) is 2. The van der Waals surface area contributed by atoms with E-state index < -0.39 is 5.66 Å². The van der Waals surface area contributed by atoms with Crippen LogP contribution < -0.4 is 16.5 Å². The number of hydrazine groups is 1. The van der Waals surface area contributed by atoms with Crippen molar-refractivity contribution in [1.82, 2.24) is 10.4 Å². The highest BCUT2D eigenvalue weighted by atomic mass is 15.7. The summed E-state index contributed by atoms with van der Waals surface area (Å²) in [7, 11) is 0. The summed E-state index contributed by atoms with van der Waals surface area (Å²) in [6.45, 7) is 4.19. The van der Waals surface area contributed by atoms with Gasteiger partial charge in [0.15, 0.2) is 5.82 Å². The average Bonchev–Trinajstić information content (AvgIpc) is 2.84. The summed E-state index contributed by atoms with van der Waals surface area (Å²) in [4.78, 5) is 4.53. The molecule has 3 rings (SSSR count). The summed E-state index contributed by atoms with van der Waals surface area (Å²) in [5.74, 6) is 1.75. The predicted molar refractivity (Wildman–Crippen MR) is 81.5 cm³/mol. The van der Waals surface area contributed by atoms with Gasteiger partial charge in [-0.15, -0.1) is 0 Å². The van der Waals surface area contributed by atoms with Crippen LogP contribution in [0.5, 0.6) is 0 Å². The molecule has 1 unspecified atom stereocenters. The maximum absolute atomic E-state index is 6.48. The van der Waals surface area contributed by atoms with E-state index in [9.17, 15) is 0 Å². The zero-order valence-electron chi connectivity index (χ0n) is 11.7. The van der Waals surface area contributed by atoms with Crippen molar-refractivity contribution < 1.29 is 0 Å². The number of hydrogen-bond acceptors (Lipinski definition) is 5. The minimum absolute atomic E-state index is 0.251. The number of para-hydroxylation sites is 1. The van der Waals surface area contributed by atoms with Crippen molar-refractivity contribution >= 4 is 11.6 Å². The zero-order chi connectivity index (χ0) is 14.2. The monoisotopic (exact) mass is 269 g/mol. The van der Waals surface area contributed by atoms with Crippen molar-refractivity contribution in [2.45, 2.75) is 19.5 Å². The zero-order valence-corrected chi connectivity index (χ0v) is 11.7. The number of rotatable bonds is 2. The number of aliphatic imine (C=N–C) groups is 1. The first-order valence-corrected chi connectivity index (χ1v) is 6.75. The normalized spacial score (nSPS) is 24.1. The molecule has 104 valence electrons. The number of nitrogens with two attached hydrogens (primary N) is 1. The van der Waals surface area contributed by atoms with Crippen molar-refractivity contribution in [3.05, 3.63) is 54.4 Å². The Morgan fingerprint density at radius 1 is 1.30 bits per heavy atom. The molecule has 20 heavy (non-hydrogen) atoms. The number of nitrogens with zero attached hydrogens (tertiary/aromatic N) is 2. The molecule has 4 N–H and O–H groups in total. The lowest BCUT2D eigenvalue weighted by molar-refractivity contribution is 0.108. The molecule has 0 aromatic heterocycles. The quantitative estimate of drug-likeness (QED) is 0.768. The molecule has 0 spiro atoms. The smallest absolute Gasteiger partial charge is 0.221 e. The van der Waals surface area contributed by atoms with Crippen molar-refractivity contribution in [2.24, 2.45) is 16.6 Å². The van der Waals surface area contributed by atoms with Crippen molar-refractivity contribution in [1.29, 1.82) is 0 Å².